The number of nitrogens with one attached hydrogen (secondary N) is 1. The summed E-state index contributed by atoms with van der Waals surface area (Å²) in [5, 5.41) is 24.9. The molecule has 3 atom stereocenters. The highest BCUT2D eigenvalue weighted by atomic mass is 35.5. The van der Waals surface area contributed by atoms with Crippen LogP contribution in [0.15, 0.2) is 48.5 Å². The fourth-order valence-corrected chi connectivity index (χ4v) is 3.78. The topological polar surface area (TPSA) is 81.6 Å². The number of carbonyl (C=O) groups excluding carboxylic acids is 1. The molecule has 0 saturated heterocycles. The van der Waals surface area contributed by atoms with Crippen molar-refractivity contribution in [1.82, 2.24) is 5.32 Å². The van der Waals surface area contributed by atoms with Crippen LogP contribution in [0.5, 0.6) is 5.75 Å². The molecule has 0 amide bonds. The van der Waals surface area contributed by atoms with Gasteiger partial charge < -0.3 is 25.1 Å². The van der Waals surface area contributed by atoms with Crippen LogP contribution in [0.25, 0.3) is 0 Å². The highest BCUT2D eigenvalue weighted by molar-refractivity contribution is 6.30. The summed E-state index contributed by atoms with van der Waals surface area (Å²) in [6.45, 7) is 0.0339. The van der Waals surface area contributed by atoms with Crippen LogP contribution in [-0.2, 0) is 4.79 Å². The van der Waals surface area contributed by atoms with Gasteiger partial charge in [-0.2, -0.15) is 0 Å². The average molecular weight is 389 g/mol. The summed E-state index contributed by atoms with van der Waals surface area (Å²) >= 11 is 5.98. The van der Waals surface area contributed by atoms with Crippen LogP contribution in [0.2, 0.25) is 5.02 Å². The van der Waals surface area contributed by atoms with E-state index < -0.39 is 18.7 Å². The summed E-state index contributed by atoms with van der Waals surface area (Å²) in [5.41, 5.74) is 1.95. The van der Waals surface area contributed by atoms with Gasteiger partial charge in [-0.3, -0.25) is 0 Å². The largest absolute Gasteiger partial charge is 0.546 e. The number of rotatable bonds is 8. The molecule has 27 heavy (non-hydrogen) atoms. The van der Waals surface area contributed by atoms with E-state index in [2.05, 4.69) is 5.32 Å². The molecule has 1 aliphatic carbocycles. The maximum Gasteiger partial charge on any atom is 0.128 e. The van der Waals surface area contributed by atoms with Crippen molar-refractivity contribution in [3.63, 3.8) is 0 Å². The van der Waals surface area contributed by atoms with Crippen LogP contribution in [0.3, 0.4) is 0 Å². The molecule has 1 saturated carbocycles. The number of benzene rings is 2. The summed E-state index contributed by atoms with van der Waals surface area (Å²) < 4.78 is 5.21. The number of hydrogen-bond acceptors (Lipinski definition) is 5. The standard InChI is InChI=1S/C21H24ClNO4/c22-17-5-1-4-16(9-17)20(24)12-23-18-8-7-15(10-18)14-3-2-6-19(11-14)27-13-21(25)26/h1-6,9,11,15,18,20,23-24H,7-8,10,12-13H2,(H,25,26)/p-1. The smallest absolute Gasteiger partial charge is 0.128 e. The minimum Gasteiger partial charge on any atom is -0.546 e. The number of ether oxygens (including phenoxy) is 1. The molecule has 144 valence electrons. The number of aliphatic carboxylic acids is 1. The van der Waals surface area contributed by atoms with Gasteiger partial charge in [0.05, 0.1) is 12.1 Å². The van der Waals surface area contributed by atoms with E-state index in [4.69, 9.17) is 16.3 Å². The van der Waals surface area contributed by atoms with Gasteiger partial charge in [0.25, 0.3) is 0 Å². The third-order valence-electron chi connectivity index (χ3n) is 4.95. The third kappa shape index (κ3) is 5.70. The van der Waals surface area contributed by atoms with E-state index in [1.54, 1.807) is 18.2 Å². The van der Waals surface area contributed by atoms with Gasteiger partial charge in [0, 0.05) is 17.6 Å². The van der Waals surface area contributed by atoms with Crippen molar-refractivity contribution in [2.24, 2.45) is 0 Å². The van der Waals surface area contributed by atoms with Crippen molar-refractivity contribution in [3.05, 3.63) is 64.7 Å². The minimum absolute atomic E-state index is 0.330. The lowest BCUT2D eigenvalue weighted by Gasteiger charge is -2.18. The van der Waals surface area contributed by atoms with Gasteiger partial charge >= 0.3 is 0 Å². The van der Waals surface area contributed by atoms with Crippen LogP contribution >= 0.6 is 11.6 Å². The molecule has 5 nitrogen and oxygen atoms in total. The maximum atomic E-state index is 10.5. The van der Waals surface area contributed by atoms with Crippen molar-refractivity contribution in [3.8, 4) is 5.75 Å². The number of aliphatic hydroxyl groups is 1. The Bertz CT molecular complexity index is 782. The quantitative estimate of drug-likeness (QED) is 0.725. The summed E-state index contributed by atoms with van der Waals surface area (Å²) in [6, 6.07) is 15.2. The lowest BCUT2D eigenvalue weighted by Crippen LogP contribution is -2.30. The zero-order valence-electron chi connectivity index (χ0n) is 14.9. The first-order valence-electron chi connectivity index (χ1n) is 9.11. The Labute approximate surface area is 163 Å². The number of aliphatic hydroxyl groups excluding tert-OH is 1. The molecule has 0 heterocycles. The average Bonchev–Trinajstić information content (AvgIpc) is 3.14. The molecule has 0 aromatic heterocycles. The fourth-order valence-electron chi connectivity index (χ4n) is 3.58. The van der Waals surface area contributed by atoms with Crippen LogP contribution < -0.4 is 15.2 Å². The van der Waals surface area contributed by atoms with Crippen molar-refractivity contribution in [2.45, 2.75) is 37.3 Å². The van der Waals surface area contributed by atoms with Crippen molar-refractivity contribution in [2.75, 3.05) is 13.2 Å². The summed E-state index contributed by atoms with van der Waals surface area (Å²) in [5.74, 6) is -0.300. The molecular formula is C21H23ClNO4-. The molecule has 3 rings (SSSR count). The van der Waals surface area contributed by atoms with E-state index in [1.165, 1.54) is 0 Å². The first-order chi connectivity index (χ1) is 13.0. The van der Waals surface area contributed by atoms with Crippen LogP contribution in [0.4, 0.5) is 0 Å². The first kappa shape index (κ1) is 19.7. The zero-order valence-corrected chi connectivity index (χ0v) is 15.7. The van der Waals surface area contributed by atoms with Gasteiger partial charge in [0.15, 0.2) is 0 Å². The Morgan fingerprint density at radius 2 is 2.07 bits per heavy atom. The third-order valence-corrected chi connectivity index (χ3v) is 5.19. The first-order valence-corrected chi connectivity index (χ1v) is 9.48. The Morgan fingerprint density at radius 3 is 2.85 bits per heavy atom. The molecule has 6 heteroatoms. The van der Waals surface area contributed by atoms with E-state index in [1.807, 2.05) is 30.3 Å². The SMILES string of the molecule is O=C([O-])COc1cccc(C2CCC(NCC(O)c3cccc(Cl)c3)C2)c1. The second kappa shape index (κ2) is 9.22. The Balaban J connectivity index is 1.51. The highest BCUT2D eigenvalue weighted by Crippen LogP contribution is 2.36. The van der Waals surface area contributed by atoms with E-state index in [0.29, 0.717) is 29.3 Å². The zero-order chi connectivity index (χ0) is 19.2. The lowest BCUT2D eigenvalue weighted by atomic mass is 9.97. The second-order valence-corrected chi connectivity index (χ2v) is 7.36. The molecule has 0 bridgehead atoms. The van der Waals surface area contributed by atoms with Gasteiger partial charge in [-0.25, -0.2) is 0 Å². The Morgan fingerprint density at radius 1 is 1.26 bits per heavy atom. The lowest BCUT2D eigenvalue weighted by molar-refractivity contribution is -0.307. The van der Waals surface area contributed by atoms with Crippen molar-refractivity contribution < 1.29 is 19.7 Å². The summed E-state index contributed by atoms with van der Waals surface area (Å²) in [7, 11) is 0. The van der Waals surface area contributed by atoms with E-state index >= 15 is 0 Å². The highest BCUT2D eigenvalue weighted by Gasteiger charge is 2.26. The summed E-state index contributed by atoms with van der Waals surface area (Å²) in [4.78, 5) is 10.5. The molecule has 0 aliphatic heterocycles. The Kier molecular flexibility index (Phi) is 6.72. The fraction of sp³-hybridized carbons (Fsp3) is 0.381. The van der Waals surface area contributed by atoms with E-state index in [0.717, 1.165) is 30.4 Å². The molecular weight excluding hydrogens is 366 g/mol. The maximum absolute atomic E-state index is 10.5. The number of carboxylic acid groups (broad SMARTS) is 1. The predicted octanol–water partition coefficient (Wildman–Crippen LogP) is 2.43. The van der Waals surface area contributed by atoms with Gasteiger partial charge in [-0.1, -0.05) is 35.9 Å². The number of halogens is 1. The summed E-state index contributed by atoms with van der Waals surface area (Å²) in [6.07, 6.45) is 2.43. The number of hydrogen-bond donors (Lipinski definition) is 2. The van der Waals surface area contributed by atoms with Gasteiger partial charge in [-0.05, 0) is 60.6 Å². The monoisotopic (exact) mass is 388 g/mol. The molecule has 2 N–H and O–H groups in total. The van der Waals surface area contributed by atoms with Crippen LogP contribution in [0.1, 0.15) is 42.4 Å². The normalized spacial score (nSPS) is 20.4. The van der Waals surface area contributed by atoms with Gasteiger partial charge in [0.2, 0.25) is 0 Å². The van der Waals surface area contributed by atoms with Gasteiger partial charge in [0.1, 0.15) is 12.4 Å². The molecule has 2 aromatic rings. The van der Waals surface area contributed by atoms with Crippen molar-refractivity contribution >= 4 is 17.6 Å². The molecule has 1 aliphatic rings. The minimum atomic E-state index is -1.23. The molecule has 1 fully saturated rings. The predicted molar refractivity (Wildman–Crippen MR) is 102 cm³/mol. The van der Waals surface area contributed by atoms with E-state index in [-0.39, 0.29) is 0 Å². The second-order valence-electron chi connectivity index (χ2n) is 6.92. The van der Waals surface area contributed by atoms with Crippen LogP contribution in [0, 0.1) is 0 Å². The molecule has 3 unspecified atom stereocenters. The molecule has 0 radical (unpaired) electrons. The number of carboxylic acids is 1. The Hall–Kier alpha value is -2.08. The van der Waals surface area contributed by atoms with Crippen molar-refractivity contribution in [1.29, 1.82) is 0 Å². The molecule has 2 aromatic carbocycles. The molecule has 0 spiro atoms. The van der Waals surface area contributed by atoms with E-state index in [9.17, 15) is 15.0 Å². The number of carbonyl (C=O) groups is 1. The van der Waals surface area contributed by atoms with Gasteiger partial charge in [-0.15, -0.1) is 0 Å². The van der Waals surface area contributed by atoms with Crippen LogP contribution in [-0.4, -0.2) is 30.3 Å².